The molecular weight excluding hydrogens is 777 g/mol. The van der Waals surface area contributed by atoms with Crippen molar-refractivity contribution in [2.24, 2.45) is 0 Å². The summed E-state index contributed by atoms with van der Waals surface area (Å²) in [5.74, 6) is 5.69. The van der Waals surface area contributed by atoms with Crippen molar-refractivity contribution in [2.45, 2.75) is 91.9 Å². The van der Waals surface area contributed by atoms with Crippen LogP contribution in [0, 0.1) is 11.8 Å². The van der Waals surface area contributed by atoms with Crippen LogP contribution in [-0.2, 0) is 45.9 Å². The van der Waals surface area contributed by atoms with E-state index in [1.54, 1.807) is 27.7 Å². The van der Waals surface area contributed by atoms with Crippen LogP contribution >= 0.6 is 0 Å². The van der Waals surface area contributed by atoms with Crippen LogP contribution in [0.4, 0.5) is 0 Å². The average Bonchev–Trinajstić information content (AvgIpc) is 3.58. The van der Waals surface area contributed by atoms with Gasteiger partial charge in [0.1, 0.15) is 18.1 Å². The molecule has 0 amide bonds. The summed E-state index contributed by atoms with van der Waals surface area (Å²) in [5.41, 5.74) is 12.6. The Morgan fingerprint density at radius 2 is 0.935 bits per heavy atom. The van der Waals surface area contributed by atoms with Crippen molar-refractivity contribution in [3.8, 4) is 45.6 Å². The summed E-state index contributed by atoms with van der Waals surface area (Å²) in [4.78, 5) is 46.6. The number of aryl methyl sites for hydroxylation is 1. The van der Waals surface area contributed by atoms with Crippen LogP contribution in [0.5, 0.6) is 11.5 Å². The number of hydrogen-bond donors (Lipinski definition) is 0. The minimum atomic E-state index is -0.431. The number of hydrogen-bond acceptors (Lipinski definition) is 8. The van der Waals surface area contributed by atoms with Crippen molar-refractivity contribution in [3.05, 3.63) is 155 Å². The van der Waals surface area contributed by atoms with E-state index in [2.05, 4.69) is 96.2 Å². The third-order valence-electron chi connectivity index (χ3n) is 11.0. The van der Waals surface area contributed by atoms with Gasteiger partial charge in [0.2, 0.25) is 0 Å². The van der Waals surface area contributed by atoms with Crippen molar-refractivity contribution in [1.82, 2.24) is 0 Å². The molecule has 4 aromatic rings. The largest absolute Gasteiger partial charge is 0.462 e. The van der Waals surface area contributed by atoms with Gasteiger partial charge in [-0.1, -0.05) is 102 Å². The summed E-state index contributed by atoms with van der Waals surface area (Å²) < 4.78 is 21.1. The van der Waals surface area contributed by atoms with Gasteiger partial charge >= 0.3 is 23.9 Å². The van der Waals surface area contributed by atoms with Crippen LogP contribution in [0.2, 0.25) is 0 Å². The molecule has 320 valence electrons. The Morgan fingerprint density at radius 1 is 0.516 bits per heavy atom. The summed E-state index contributed by atoms with van der Waals surface area (Å²) in [6.45, 7) is 30.3. The van der Waals surface area contributed by atoms with Crippen molar-refractivity contribution in [3.63, 3.8) is 0 Å². The Morgan fingerprint density at radius 3 is 1.42 bits per heavy atom. The summed E-state index contributed by atoms with van der Waals surface area (Å²) >= 11 is 0. The van der Waals surface area contributed by atoms with Gasteiger partial charge in [0.05, 0.1) is 6.61 Å². The van der Waals surface area contributed by atoms with Crippen LogP contribution < -0.4 is 9.47 Å². The number of rotatable bonds is 13. The molecule has 0 N–H and O–H groups in total. The summed E-state index contributed by atoms with van der Waals surface area (Å²) in [7, 11) is 0. The third-order valence-corrected chi connectivity index (χ3v) is 11.0. The lowest BCUT2D eigenvalue weighted by atomic mass is 9.81. The first-order chi connectivity index (χ1) is 29.2. The number of ether oxygens (including phenoxy) is 4. The number of esters is 4. The van der Waals surface area contributed by atoms with E-state index in [-0.39, 0.29) is 23.4 Å². The molecular formula is C54H56O8. The molecule has 0 aliphatic heterocycles. The second-order valence-electron chi connectivity index (χ2n) is 17.0. The average molecular weight is 833 g/mol. The zero-order valence-corrected chi connectivity index (χ0v) is 37.3. The molecule has 62 heavy (non-hydrogen) atoms. The fraction of sp³-hybridized carbons (Fsp3) is 0.296. The van der Waals surface area contributed by atoms with Crippen LogP contribution in [-0.4, -0.2) is 37.1 Å². The molecule has 2 aliphatic rings. The van der Waals surface area contributed by atoms with Crippen molar-refractivity contribution >= 4 is 23.9 Å². The highest BCUT2D eigenvalue weighted by Crippen LogP contribution is 2.51. The molecule has 8 nitrogen and oxygen atoms in total. The summed E-state index contributed by atoms with van der Waals surface area (Å²) in [6.07, 6.45) is 3.14. The lowest BCUT2D eigenvalue weighted by Crippen LogP contribution is -2.16. The second kappa shape index (κ2) is 19.3. The van der Waals surface area contributed by atoms with Crippen LogP contribution in [0.15, 0.2) is 121 Å². The van der Waals surface area contributed by atoms with Gasteiger partial charge in [-0.15, -0.1) is 0 Å². The Balaban J connectivity index is 0.000000234. The maximum Gasteiger partial charge on any atom is 0.338 e. The van der Waals surface area contributed by atoms with Gasteiger partial charge in [0, 0.05) is 45.1 Å². The number of fused-ring (bicyclic) bond motifs is 6. The van der Waals surface area contributed by atoms with E-state index in [0.717, 1.165) is 47.1 Å². The van der Waals surface area contributed by atoms with Crippen molar-refractivity contribution in [1.29, 1.82) is 0 Å². The first kappa shape index (κ1) is 46.3. The molecule has 0 bridgehead atoms. The van der Waals surface area contributed by atoms with Crippen molar-refractivity contribution < 1.29 is 38.1 Å². The van der Waals surface area contributed by atoms with E-state index in [1.165, 1.54) is 27.8 Å². The number of carbonyl (C=O) groups is 4. The summed E-state index contributed by atoms with van der Waals surface area (Å²) in [5, 5.41) is 0. The molecule has 0 unspecified atom stereocenters. The molecule has 6 rings (SSSR count). The smallest absolute Gasteiger partial charge is 0.338 e. The highest BCUT2D eigenvalue weighted by atomic mass is 16.5. The predicted octanol–water partition coefficient (Wildman–Crippen LogP) is 11.3. The molecule has 0 radical (unpaired) electrons. The number of unbranched alkanes of at least 4 members (excludes halogenated alkanes) is 1. The fourth-order valence-electron chi connectivity index (χ4n) is 7.43. The molecule has 0 atom stereocenters. The van der Waals surface area contributed by atoms with E-state index < -0.39 is 17.9 Å². The Bertz CT molecular complexity index is 2570. The lowest BCUT2D eigenvalue weighted by Gasteiger charge is -2.22. The monoisotopic (exact) mass is 832 g/mol. The lowest BCUT2D eigenvalue weighted by molar-refractivity contribution is -0.139. The van der Waals surface area contributed by atoms with E-state index in [1.807, 2.05) is 42.5 Å². The van der Waals surface area contributed by atoms with Gasteiger partial charge in [-0.05, 0) is 133 Å². The minimum absolute atomic E-state index is 0.191. The topological polar surface area (TPSA) is 105 Å². The van der Waals surface area contributed by atoms with Gasteiger partial charge in [0.15, 0.2) is 0 Å². The highest BCUT2D eigenvalue weighted by molar-refractivity contribution is 5.90. The molecule has 0 heterocycles. The maximum atomic E-state index is 11.9. The predicted molar refractivity (Wildman–Crippen MR) is 245 cm³/mol. The van der Waals surface area contributed by atoms with Crippen LogP contribution in [0.3, 0.4) is 0 Å². The van der Waals surface area contributed by atoms with Crippen molar-refractivity contribution in [2.75, 3.05) is 13.2 Å². The Hall–Kier alpha value is -6.72. The molecule has 8 heteroatoms. The van der Waals surface area contributed by atoms with Gasteiger partial charge < -0.3 is 18.9 Å². The molecule has 0 saturated carbocycles. The zero-order chi connectivity index (χ0) is 45.5. The van der Waals surface area contributed by atoms with Gasteiger partial charge in [-0.2, -0.15) is 0 Å². The Kier molecular flexibility index (Phi) is 14.5. The normalized spacial score (nSPS) is 12.9. The third kappa shape index (κ3) is 10.6. The molecule has 0 saturated heterocycles. The first-order valence-electron chi connectivity index (χ1n) is 20.7. The molecule has 0 fully saturated rings. The van der Waals surface area contributed by atoms with Gasteiger partial charge in [-0.25, -0.2) is 19.2 Å². The van der Waals surface area contributed by atoms with Crippen LogP contribution in [0.1, 0.15) is 108 Å². The van der Waals surface area contributed by atoms with Crippen LogP contribution in [0.25, 0.3) is 22.3 Å². The zero-order valence-electron chi connectivity index (χ0n) is 37.3. The highest BCUT2D eigenvalue weighted by Gasteiger charge is 2.37. The van der Waals surface area contributed by atoms with Gasteiger partial charge in [-0.3, -0.25) is 0 Å². The Labute approximate surface area is 366 Å². The van der Waals surface area contributed by atoms with E-state index in [4.69, 9.17) is 18.9 Å². The summed E-state index contributed by atoms with van der Waals surface area (Å²) in [6, 6.07) is 24.3. The minimum Gasteiger partial charge on any atom is -0.462 e. The quantitative estimate of drug-likeness (QED) is 0.0431. The molecule has 4 aromatic carbocycles. The fourth-order valence-corrected chi connectivity index (χ4v) is 7.43. The second-order valence-corrected chi connectivity index (χ2v) is 17.0. The van der Waals surface area contributed by atoms with E-state index in [9.17, 15) is 19.2 Å². The standard InChI is InChI=1S/C27H30O4.C27H26O4/c2*1-17(2)25(28)30-14-8-7-9-19-10-12-21-22-13-11-20(31-26(29)18(3)4)16-24(22)27(5,6)23(21)15-19/h10-13,15-16H,1,3,7-9,14H2,2,4-6H3;10-13,15-16H,1,3,8,14H2,2,4-6H3. The van der Waals surface area contributed by atoms with E-state index >= 15 is 0 Å². The SMILES string of the molecule is C=C(C)C(=O)OCCC#Cc1ccc2c(c1)C(C)(C)c1cc(OC(=O)C(=C)C)ccc1-2.C=C(C)C(=O)OCCCCc1ccc2c(c1)C(C)(C)c1cc(OC(=O)C(=C)C)ccc1-2. The molecule has 0 spiro atoms. The number of carbonyl (C=O) groups excluding carboxylic acids is 4. The van der Waals surface area contributed by atoms with E-state index in [0.29, 0.717) is 46.8 Å². The maximum absolute atomic E-state index is 11.9. The molecule has 0 aromatic heterocycles. The van der Waals surface area contributed by atoms with Gasteiger partial charge in [0.25, 0.3) is 0 Å². The first-order valence-corrected chi connectivity index (χ1v) is 20.7. The molecule has 2 aliphatic carbocycles. The number of benzene rings is 4.